The third-order valence-electron chi connectivity index (χ3n) is 2.13. The van der Waals surface area contributed by atoms with Crippen LogP contribution < -0.4 is 0 Å². The largest absolute Gasteiger partial charge is 0.142 e. The van der Waals surface area contributed by atoms with Gasteiger partial charge in [0.05, 0.1) is 5.02 Å². The molecule has 2 rings (SSSR count). The summed E-state index contributed by atoms with van der Waals surface area (Å²) in [5.41, 5.74) is 2.40. The molecular formula is C10H8Cl2S. The summed E-state index contributed by atoms with van der Waals surface area (Å²) < 4.78 is 1.21. The Kier molecular flexibility index (Phi) is 2.50. The fourth-order valence-electron chi connectivity index (χ4n) is 1.34. The Balaban J connectivity index is 2.76. The molecule has 3 heteroatoms. The average Bonchev–Trinajstić information content (AvgIpc) is 2.47. The smallest absolute Gasteiger partial charge is 0.0591 e. The third-order valence-corrected chi connectivity index (χ3v) is 3.80. The Hall–Kier alpha value is -0.240. The highest BCUT2D eigenvalue weighted by Crippen LogP contribution is 2.32. The Labute approximate surface area is 91.1 Å². The average molecular weight is 231 g/mol. The lowest BCUT2D eigenvalue weighted by atomic mass is 10.1. The first-order valence-electron chi connectivity index (χ1n) is 3.94. The van der Waals surface area contributed by atoms with Gasteiger partial charge in [0.2, 0.25) is 0 Å². The summed E-state index contributed by atoms with van der Waals surface area (Å²) in [6.45, 7) is 2.06. The summed E-state index contributed by atoms with van der Waals surface area (Å²) in [6, 6.07) is 4.22. The van der Waals surface area contributed by atoms with Crippen LogP contribution in [0, 0.1) is 6.92 Å². The van der Waals surface area contributed by atoms with E-state index in [1.54, 1.807) is 11.3 Å². The van der Waals surface area contributed by atoms with Crippen LogP contribution in [0.25, 0.3) is 10.1 Å². The summed E-state index contributed by atoms with van der Waals surface area (Å²) in [5, 5.41) is 3.94. The van der Waals surface area contributed by atoms with Crippen molar-refractivity contribution in [3.05, 3.63) is 33.7 Å². The molecule has 0 aliphatic carbocycles. The fraction of sp³-hybridized carbons (Fsp3) is 0.200. The zero-order valence-electron chi connectivity index (χ0n) is 7.10. The Bertz CT molecular complexity index is 445. The quantitative estimate of drug-likeness (QED) is 0.629. The van der Waals surface area contributed by atoms with Gasteiger partial charge in [0.1, 0.15) is 0 Å². The van der Waals surface area contributed by atoms with E-state index in [1.165, 1.54) is 15.8 Å². The summed E-state index contributed by atoms with van der Waals surface area (Å²) in [6.07, 6.45) is 0. The number of halogens is 2. The van der Waals surface area contributed by atoms with E-state index in [0.29, 0.717) is 5.88 Å². The Morgan fingerprint density at radius 2 is 2.15 bits per heavy atom. The molecule has 0 amide bonds. The number of hydrogen-bond acceptors (Lipinski definition) is 1. The Morgan fingerprint density at radius 1 is 1.38 bits per heavy atom. The van der Waals surface area contributed by atoms with Crippen LogP contribution in [0.2, 0.25) is 5.02 Å². The first kappa shape index (κ1) is 9.32. The fourth-order valence-corrected chi connectivity index (χ4v) is 2.83. The van der Waals surface area contributed by atoms with Crippen molar-refractivity contribution in [3.63, 3.8) is 0 Å². The molecule has 0 N–H and O–H groups in total. The van der Waals surface area contributed by atoms with Gasteiger partial charge in [0, 0.05) is 21.3 Å². The first-order chi connectivity index (χ1) is 6.22. The topological polar surface area (TPSA) is 0 Å². The third kappa shape index (κ3) is 1.56. The zero-order chi connectivity index (χ0) is 9.42. The number of aryl methyl sites for hydroxylation is 1. The molecule has 0 saturated carbocycles. The molecule has 0 aliphatic heterocycles. The van der Waals surface area contributed by atoms with E-state index in [2.05, 4.69) is 19.1 Å². The highest BCUT2D eigenvalue weighted by atomic mass is 35.5. The van der Waals surface area contributed by atoms with Crippen molar-refractivity contribution in [2.24, 2.45) is 0 Å². The lowest BCUT2D eigenvalue weighted by Gasteiger charge is -2.01. The van der Waals surface area contributed by atoms with Gasteiger partial charge in [0.15, 0.2) is 0 Å². The van der Waals surface area contributed by atoms with Gasteiger partial charge in [0.25, 0.3) is 0 Å². The highest BCUT2D eigenvalue weighted by Gasteiger charge is 2.05. The van der Waals surface area contributed by atoms with Gasteiger partial charge in [-0.3, -0.25) is 0 Å². The van der Waals surface area contributed by atoms with Crippen LogP contribution >= 0.6 is 34.5 Å². The van der Waals surface area contributed by atoms with Crippen LogP contribution in [0.4, 0.5) is 0 Å². The second-order valence-corrected chi connectivity index (χ2v) is 4.58. The normalized spacial score (nSPS) is 11.0. The van der Waals surface area contributed by atoms with Crippen molar-refractivity contribution in [3.8, 4) is 0 Å². The first-order valence-corrected chi connectivity index (χ1v) is 5.74. The number of fused-ring (bicyclic) bond motifs is 1. The molecule has 0 atom stereocenters. The van der Waals surface area contributed by atoms with E-state index >= 15 is 0 Å². The van der Waals surface area contributed by atoms with Crippen molar-refractivity contribution in [1.82, 2.24) is 0 Å². The van der Waals surface area contributed by atoms with Crippen LogP contribution in [0.15, 0.2) is 17.5 Å². The molecule has 1 heterocycles. The van der Waals surface area contributed by atoms with Crippen LogP contribution in [-0.4, -0.2) is 0 Å². The monoisotopic (exact) mass is 230 g/mol. The number of hydrogen-bond donors (Lipinski definition) is 0. The van der Waals surface area contributed by atoms with E-state index in [0.717, 1.165) is 10.4 Å². The molecule has 13 heavy (non-hydrogen) atoms. The number of benzene rings is 1. The summed E-state index contributed by atoms with van der Waals surface area (Å²) in [5.74, 6) is 0.567. The van der Waals surface area contributed by atoms with Gasteiger partial charge in [-0.2, -0.15) is 0 Å². The van der Waals surface area contributed by atoms with Crippen LogP contribution in [0.5, 0.6) is 0 Å². The molecule has 0 saturated heterocycles. The van der Waals surface area contributed by atoms with Crippen LogP contribution in [0.3, 0.4) is 0 Å². The molecule has 1 aromatic carbocycles. The summed E-state index contributed by atoms with van der Waals surface area (Å²) in [4.78, 5) is 0. The Morgan fingerprint density at radius 3 is 2.85 bits per heavy atom. The molecule has 0 radical (unpaired) electrons. The zero-order valence-corrected chi connectivity index (χ0v) is 9.43. The van der Waals surface area contributed by atoms with Crippen LogP contribution in [-0.2, 0) is 5.88 Å². The second-order valence-electron chi connectivity index (χ2n) is 2.99. The summed E-state index contributed by atoms with van der Waals surface area (Å²) in [7, 11) is 0. The van der Waals surface area contributed by atoms with Crippen molar-refractivity contribution >= 4 is 44.6 Å². The second kappa shape index (κ2) is 3.49. The number of thiophene rings is 1. The molecule has 2 aromatic rings. The molecule has 0 fully saturated rings. The minimum absolute atomic E-state index is 0.567. The molecular weight excluding hydrogens is 223 g/mol. The lowest BCUT2D eigenvalue weighted by molar-refractivity contribution is 1.32. The van der Waals surface area contributed by atoms with E-state index in [9.17, 15) is 0 Å². The van der Waals surface area contributed by atoms with E-state index in [-0.39, 0.29) is 0 Å². The van der Waals surface area contributed by atoms with E-state index in [4.69, 9.17) is 23.2 Å². The van der Waals surface area contributed by atoms with Crippen molar-refractivity contribution < 1.29 is 0 Å². The van der Waals surface area contributed by atoms with Crippen molar-refractivity contribution in [1.29, 1.82) is 0 Å². The minimum Gasteiger partial charge on any atom is -0.142 e. The van der Waals surface area contributed by atoms with Crippen molar-refractivity contribution in [2.45, 2.75) is 12.8 Å². The molecule has 68 valence electrons. The van der Waals surface area contributed by atoms with Gasteiger partial charge in [-0.15, -0.1) is 22.9 Å². The van der Waals surface area contributed by atoms with Gasteiger partial charge >= 0.3 is 0 Å². The van der Waals surface area contributed by atoms with Gasteiger partial charge < -0.3 is 0 Å². The summed E-state index contributed by atoms with van der Waals surface area (Å²) >= 11 is 13.5. The molecule has 0 nitrogen and oxygen atoms in total. The van der Waals surface area contributed by atoms with E-state index in [1.807, 2.05) is 5.38 Å². The standard InChI is InChI=1S/C10H8Cl2S/c1-6-2-8-9(12)5-13-10(8)3-7(6)4-11/h2-3,5H,4H2,1H3. The molecule has 1 aromatic heterocycles. The van der Waals surface area contributed by atoms with Gasteiger partial charge in [-0.05, 0) is 30.2 Å². The maximum absolute atomic E-state index is 6.02. The van der Waals surface area contributed by atoms with Gasteiger partial charge in [-0.1, -0.05) is 11.6 Å². The molecule has 0 bridgehead atoms. The number of alkyl halides is 1. The highest BCUT2D eigenvalue weighted by molar-refractivity contribution is 7.17. The number of rotatable bonds is 1. The van der Waals surface area contributed by atoms with Crippen molar-refractivity contribution in [2.75, 3.05) is 0 Å². The minimum atomic E-state index is 0.567. The van der Waals surface area contributed by atoms with Gasteiger partial charge in [-0.25, -0.2) is 0 Å². The SMILES string of the molecule is Cc1cc2c(Cl)csc2cc1CCl. The molecule has 0 aliphatic rings. The van der Waals surface area contributed by atoms with E-state index < -0.39 is 0 Å². The lowest BCUT2D eigenvalue weighted by Crippen LogP contribution is -1.83. The maximum Gasteiger partial charge on any atom is 0.0591 e. The maximum atomic E-state index is 6.02. The predicted octanol–water partition coefficient (Wildman–Crippen LogP) is 4.60. The molecule has 0 spiro atoms. The predicted molar refractivity (Wildman–Crippen MR) is 61.1 cm³/mol. The van der Waals surface area contributed by atoms with Crippen LogP contribution in [0.1, 0.15) is 11.1 Å². The molecule has 0 unspecified atom stereocenters.